The van der Waals surface area contributed by atoms with Crippen LogP contribution < -0.4 is 5.56 Å². The SMILES string of the molecule is Cc1cc(O)n(CCCOC(C)C)c(=O)c1C#N. The van der Waals surface area contributed by atoms with Crippen molar-refractivity contribution in [2.75, 3.05) is 6.61 Å². The quantitative estimate of drug-likeness (QED) is 0.804. The lowest BCUT2D eigenvalue weighted by atomic mass is 10.1. The zero-order valence-electron chi connectivity index (χ0n) is 10.9. The molecular weight excluding hydrogens is 232 g/mol. The molecule has 1 heterocycles. The Bertz CT molecular complexity index is 512. The lowest BCUT2D eigenvalue weighted by Gasteiger charge is -2.11. The van der Waals surface area contributed by atoms with Gasteiger partial charge in [0.15, 0.2) is 5.88 Å². The van der Waals surface area contributed by atoms with Gasteiger partial charge in [-0.25, -0.2) is 0 Å². The highest BCUT2D eigenvalue weighted by atomic mass is 16.5. The minimum atomic E-state index is -0.445. The number of pyridine rings is 1. The van der Waals surface area contributed by atoms with Gasteiger partial charge >= 0.3 is 0 Å². The van der Waals surface area contributed by atoms with Crippen LogP contribution in [0.1, 0.15) is 31.4 Å². The zero-order chi connectivity index (χ0) is 13.7. The first-order chi connectivity index (χ1) is 8.47. The maximum absolute atomic E-state index is 11.9. The molecule has 0 saturated carbocycles. The van der Waals surface area contributed by atoms with E-state index >= 15 is 0 Å². The molecule has 0 aliphatic heterocycles. The molecule has 5 nitrogen and oxygen atoms in total. The second-order valence-corrected chi connectivity index (χ2v) is 4.40. The van der Waals surface area contributed by atoms with Gasteiger partial charge in [-0.05, 0) is 32.8 Å². The fourth-order valence-corrected chi connectivity index (χ4v) is 1.65. The number of aromatic hydroxyl groups is 1. The lowest BCUT2D eigenvalue weighted by Crippen LogP contribution is -2.24. The van der Waals surface area contributed by atoms with E-state index in [1.807, 2.05) is 19.9 Å². The molecule has 0 saturated heterocycles. The average Bonchev–Trinajstić information content (AvgIpc) is 2.27. The summed E-state index contributed by atoms with van der Waals surface area (Å²) in [5.41, 5.74) is 0.131. The molecule has 98 valence electrons. The van der Waals surface area contributed by atoms with Gasteiger partial charge in [-0.1, -0.05) is 0 Å². The van der Waals surface area contributed by atoms with Crippen molar-refractivity contribution in [2.24, 2.45) is 0 Å². The summed E-state index contributed by atoms with van der Waals surface area (Å²) in [5.74, 6) is -0.110. The van der Waals surface area contributed by atoms with Crippen molar-refractivity contribution in [3.05, 3.63) is 27.5 Å². The van der Waals surface area contributed by atoms with Crippen LogP contribution in [-0.2, 0) is 11.3 Å². The number of ether oxygens (including phenoxy) is 1. The van der Waals surface area contributed by atoms with Gasteiger partial charge in [-0.2, -0.15) is 5.26 Å². The van der Waals surface area contributed by atoms with Crippen LogP contribution in [0.3, 0.4) is 0 Å². The van der Waals surface area contributed by atoms with Crippen molar-refractivity contribution < 1.29 is 9.84 Å². The molecule has 0 atom stereocenters. The summed E-state index contributed by atoms with van der Waals surface area (Å²) >= 11 is 0. The van der Waals surface area contributed by atoms with Gasteiger partial charge < -0.3 is 9.84 Å². The molecule has 0 amide bonds. The van der Waals surface area contributed by atoms with Crippen LogP contribution in [0, 0.1) is 18.3 Å². The van der Waals surface area contributed by atoms with Gasteiger partial charge in [0, 0.05) is 19.2 Å². The maximum atomic E-state index is 11.9. The van der Waals surface area contributed by atoms with Crippen LogP contribution in [-0.4, -0.2) is 22.4 Å². The number of aryl methyl sites for hydroxylation is 1. The van der Waals surface area contributed by atoms with Gasteiger partial charge in [0.2, 0.25) is 0 Å². The summed E-state index contributed by atoms with van der Waals surface area (Å²) in [4.78, 5) is 11.9. The van der Waals surface area contributed by atoms with Gasteiger partial charge in [-0.15, -0.1) is 0 Å². The fourth-order valence-electron chi connectivity index (χ4n) is 1.65. The van der Waals surface area contributed by atoms with E-state index in [2.05, 4.69) is 0 Å². The number of hydrogen-bond acceptors (Lipinski definition) is 4. The van der Waals surface area contributed by atoms with Crippen molar-refractivity contribution in [3.63, 3.8) is 0 Å². The number of nitriles is 1. The normalized spacial score (nSPS) is 10.6. The van der Waals surface area contributed by atoms with Gasteiger partial charge in [-0.3, -0.25) is 9.36 Å². The molecule has 5 heteroatoms. The predicted molar refractivity (Wildman–Crippen MR) is 67.5 cm³/mol. The number of rotatable bonds is 5. The predicted octanol–water partition coefficient (Wildman–Crippen LogP) is 1.55. The molecule has 1 rings (SSSR count). The summed E-state index contributed by atoms with van der Waals surface area (Å²) in [5, 5.41) is 18.6. The number of nitrogens with zero attached hydrogens (tertiary/aromatic N) is 2. The smallest absolute Gasteiger partial charge is 0.271 e. The van der Waals surface area contributed by atoms with E-state index < -0.39 is 5.56 Å². The van der Waals surface area contributed by atoms with E-state index in [1.54, 1.807) is 6.92 Å². The van der Waals surface area contributed by atoms with E-state index in [-0.39, 0.29) is 17.5 Å². The number of aromatic nitrogens is 1. The summed E-state index contributed by atoms with van der Waals surface area (Å²) in [6.45, 7) is 6.35. The second kappa shape index (κ2) is 6.22. The Labute approximate surface area is 106 Å². The molecule has 0 fully saturated rings. The highest BCUT2D eigenvalue weighted by molar-refractivity contribution is 5.37. The van der Waals surface area contributed by atoms with Crippen LogP contribution in [0.25, 0.3) is 0 Å². The summed E-state index contributed by atoms with van der Waals surface area (Å²) < 4.78 is 6.57. The highest BCUT2D eigenvalue weighted by Gasteiger charge is 2.11. The van der Waals surface area contributed by atoms with Crippen molar-refractivity contribution in [1.29, 1.82) is 5.26 Å². The van der Waals surface area contributed by atoms with Crippen LogP contribution in [0.2, 0.25) is 0 Å². The second-order valence-electron chi connectivity index (χ2n) is 4.40. The molecule has 0 aliphatic rings. The molecule has 0 aliphatic carbocycles. The minimum absolute atomic E-state index is 0.0811. The summed E-state index contributed by atoms with van der Waals surface area (Å²) in [6.07, 6.45) is 0.752. The summed E-state index contributed by atoms with van der Waals surface area (Å²) in [7, 11) is 0. The molecule has 0 unspecified atom stereocenters. The maximum Gasteiger partial charge on any atom is 0.271 e. The van der Waals surface area contributed by atoms with Gasteiger partial charge in [0.25, 0.3) is 5.56 Å². The van der Waals surface area contributed by atoms with Crippen LogP contribution in [0.15, 0.2) is 10.9 Å². The Morgan fingerprint density at radius 2 is 2.22 bits per heavy atom. The zero-order valence-corrected chi connectivity index (χ0v) is 10.9. The van der Waals surface area contributed by atoms with E-state index in [0.29, 0.717) is 25.1 Å². The molecule has 1 aromatic rings. The van der Waals surface area contributed by atoms with E-state index in [4.69, 9.17) is 10.00 Å². The highest BCUT2D eigenvalue weighted by Crippen LogP contribution is 2.12. The molecule has 18 heavy (non-hydrogen) atoms. The van der Waals surface area contributed by atoms with E-state index in [0.717, 1.165) is 0 Å². The third-order valence-electron chi connectivity index (χ3n) is 2.56. The molecular formula is C13H18N2O3. The van der Waals surface area contributed by atoms with Crippen molar-refractivity contribution in [3.8, 4) is 11.9 Å². The lowest BCUT2D eigenvalue weighted by molar-refractivity contribution is 0.0744. The van der Waals surface area contributed by atoms with Crippen molar-refractivity contribution in [1.82, 2.24) is 4.57 Å². The minimum Gasteiger partial charge on any atom is -0.494 e. The molecule has 0 radical (unpaired) electrons. The Morgan fingerprint density at radius 1 is 1.56 bits per heavy atom. The largest absolute Gasteiger partial charge is 0.494 e. The topological polar surface area (TPSA) is 75.2 Å². The van der Waals surface area contributed by atoms with E-state index in [9.17, 15) is 9.90 Å². The number of hydrogen-bond donors (Lipinski definition) is 1. The van der Waals surface area contributed by atoms with Gasteiger partial charge in [0.05, 0.1) is 6.10 Å². The first-order valence-corrected chi connectivity index (χ1v) is 5.92. The third kappa shape index (κ3) is 3.34. The Hall–Kier alpha value is -1.80. The fraction of sp³-hybridized carbons (Fsp3) is 0.538. The first kappa shape index (κ1) is 14.3. The molecule has 0 spiro atoms. The van der Waals surface area contributed by atoms with Crippen molar-refractivity contribution in [2.45, 2.75) is 39.8 Å². The Kier molecular flexibility index (Phi) is 4.93. The molecule has 1 aromatic heterocycles. The summed E-state index contributed by atoms with van der Waals surface area (Å²) in [6, 6.07) is 3.30. The standard InChI is InChI=1S/C13H18N2O3/c1-9(2)18-6-4-5-15-12(16)7-10(3)11(8-14)13(15)17/h7,9,16H,4-6H2,1-3H3. The first-order valence-electron chi connectivity index (χ1n) is 5.92. The van der Waals surface area contributed by atoms with E-state index in [1.165, 1.54) is 10.6 Å². The van der Waals surface area contributed by atoms with Gasteiger partial charge in [0.1, 0.15) is 11.6 Å². The third-order valence-corrected chi connectivity index (χ3v) is 2.56. The van der Waals surface area contributed by atoms with Crippen molar-refractivity contribution >= 4 is 0 Å². The van der Waals surface area contributed by atoms with Crippen LogP contribution in [0.4, 0.5) is 0 Å². The monoisotopic (exact) mass is 250 g/mol. The Morgan fingerprint density at radius 3 is 2.78 bits per heavy atom. The average molecular weight is 250 g/mol. The van der Waals surface area contributed by atoms with Crippen LogP contribution >= 0.6 is 0 Å². The molecule has 0 aromatic carbocycles. The van der Waals surface area contributed by atoms with Crippen LogP contribution in [0.5, 0.6) is 5.88 Å². The Balaban J connectivity index is 2.84. The molecule has 1 N–H and O–H groups in total. The molecule has 0 bridgehead atoms.